The predicted octanol–water partition coefficient (Wildman–Crippen LogP) is 3.25. The van der Waals surface area contributed by atoms with Crippen molar-refractivity contribution in [2.75, 3.05) is 19.0 Å². The minimum atomic E-state index is -2.73. The average Bonchev–Trinajstić information content (AvgIpc) is 3.54. The summed E-state index contributed by atoms with van der Waals surface area (Å²) < 4.78 is 13.8. The van der Waals surface area contributed by atoms with Gasteiger partial charge in [0, 0.05) is 35.5 Å². The lowest BCUT2D eigenvalue weighted by atomic mass is 9.82. The van der Waals surface area contributed by atoms with Gasteiger partial charge in [0.25, 0.3) is 5.91 Å². The fourth-order valence-electron chi connectivity index (χ4n) is 6.17. The SMILES string of the molecule is COc1ccc2c(c1)[C@]1(O[C@@H](CCn3cc(C(CO)c4ccccc4)nn3)[C@H]([Si](C)(C)O)[C@H]1C)C(=O)N2. The largest absolute Gasteiger partial charge is 0.497 e. The van der Waals surface area contributed by atoms with Crippen molar-refractivity contribution >= 4 is 19.9 Å². The van der Waals surface area contributed by atoms with Gasteiger partial charge in [0.1, 0.15) is 5.75 Å². The molecule has 5 rings (SSSR count). The van der Waals surface area contributed by atoms with Crippen LogP contribution in [0.4, 0.5) is 5.69 Å². The second kappa shape index (κ2) is 9.68. The highest BCUT2D eigenvalue weighted by molar-refractivity contribution is 6.71. The average molecular weight is 523 g/mol. The fraction of sp³-hybridized carbons (Fsp3) is 0.444. The van der Waals surface area contributed by atoms with Gasteiger partial charge in [-0.3, -0.25) is 9.48 Å². The summed E-state index contributed by atoms with van der Waals surface area (Å²) >= 11 is 0. The Morgan fingerprint density at radius 3 is 2.68 bits per heavy atom. The molecule has 196 valence electrons. The lowest BCUT2D eigenvalue weighted by Crippen LogP contribution is -2.43. The van der Waals surface area contributed by atoms with Gasteiger partial charge in [0.05, 0.1) is 31.4 Å². The number of ether oxygens (including phenoxy) is 2. The maximum absolute atomic E-state index is 13.4. The van der Waals surface area contributed by atoms with E-state index in [9.17, 15) is 14.7 Å². The lowest BCUT2D eigenvalue weighted by molar-refractivity contribution is -0.143. The molecule has 2 aromatic carbocycles. The molecule has 0 radical (unpaired) electrons. The topological polar surface area (TPSA) is 119 Å². The molecule has 10 heteroatoms. The van der Waals surface area contributed by atoms with E-state index in [1.807, 2.05) is 74.7 Å². The van der Waals surface area contributed by atoms with Crippen LogP contribution < -0.4 is 10.1 Å². The Hall–Kier alpha value is -3.05. The Morgan fingerprint density at radius 1 is 1.24 bits per heavy atom. The molecule has 1 unspecified atom stereocenters. The Balaban J connectivity index is 1.40. The smallest absolute Gasteiger partial charge is 0.261 e. The van der Waals surface area contributed by atoms with E-state index in [1.54, 1.807) is 11.8 Å². The standard InChI is InChI=1S/C27H34N4O5Si/c1-17-25(37(3,4)34)24(36-27(17)21-14-19(35-2)10-11-22(21)28-26(27)33)12-13-31-15-23(29-30-31)20(16-32)18-8-6-5-7-9-18/h5-11,14-15,17,20,24-25,32,34H,12-13,16H2,1-4H3,(H,28,33)/t17-,20?,24+,25-,27+/m1/s1. The minimum Gasteiger partial charge on any atom is -0.497 e. The summed E-state index contributed by atoms with van der Waals surface area (Å²) in [7, 11) is -1.14. The van der Waals surface area contributed by atoms with Crippen LogP contribution in [-0.4, -0.2) is 58.9 Å². The Labute approximate surface area is 217 Å². The van der Waals surface area contributed by atoms with E-state index in [1.165, 1.54) is 0 Å². The van der Waals surface area contributed by atoms with Gasteiger partial charge in [-0.2, -0.15) is 0 Å². The summed E-state index contributed by atoms with van der Waals surface area (Å²) in [4.78, 5) is 24.7. The maximum Gasteiger partial charge on any atom is 0.261 e. The Bertz CT molecular complexity index is 1280. The number of aromatic nitrogens is 3. The molecule has 1 saturated heterocycles. The van der Waals surface area contributed by atoms with E-state index in [0.29, 0.717) is 30.1 Å². The highest BCUT2D eigenvalue weighted by Crippen LogP contribution is 2.58. The van der Waals surface area contributed by atoms with E-state index in [4.69, 9.17) is 9.47 Å². The summed E-state index contributed by atoms with van der Waals surface area (Å²) in [5.41, 5.74) is 1.78. The van der Waals surface area contributed by atoms with Crippen molar-refractivity contribution in [2.24, 2.45) is 5.92 Å². The van der Waals surface area contributed by atoms with Crippen LogP contribution in [0.1, 0.15) is 36.1 Å². The third-order valence-corrected chi connectivity index (χ3v) is 10.4. The molecule has 2 aliphatic heterocycles. The minimum absolute atomic E-state index is 0.0706. The van der Waals surface area contributed by atoms with Crippen molar-refractivity contribution in [3.05, 3.63) is 71.5 Å². The molecule has 1 aromatic heterocycles. The van der Waals surface area contributed by atoms with E-state index in [2.05, 4.69) is 15.6 Å². The quantitative estimate of drug-likeness (QED) is 0.389. The van der Waals surface area contributed by atoms with Crippen LogP contribution in [0.3, 0.4) is 0 Å². The van der Waals surface area contributed by atoms with Crippen molar-refractivity contribution in [1.82, 2.24) is 15.0 Å². The first-order valence-corrected chi connectivity index (χ1v) is 15.7. The number of hydrogen-bond donors (Lipinski definition) is 3. The van der Waals surface area contributed by atoms with Crippen molar-refractivity contribution in [3.63, 3.8) is 0 Å². The number of aliphatic hydroxyl groups is 1. The van der Waals surface area contributed by atoms with Gasteiger partial charge in [0.2, 0.25) is 0 Å². The van der Waals surface area contributed by atoms with Gasteiger partial charge in [0.15, 0.2) is 13.9 Å². The number of amides is 1. The van der Waals surface area contributed by atoms with E-state index >= 15 is 0 Å². The van der Waals surface area contributed by atoms with Crippen LogP contribution >= 0.6 is 0 Å². The molecule has 5 atom stereocenters. The van der Waals surface area contributed by atoms with Crippen LogP contribution in [0.2, 0.25) is 18.6 Å². The van der Waals surface area contributed by atoms with Crippen LogP contribution in [0.5, 0.6) is 5.75 Å². The predicted molar refractivity (Wildman–Crippen MR) is 141 cm³/mol. The first kappa shape index (κ1) is 25.6. The molecule has 1 fully saturated rings. The Morgan fingerprint density at radius 2 is 2.00 bits per heavy atom. The molecule has 9 nitrogen and oxygen atoms in total. The molecule has 2 aliphatic rings. The van der Waals surface area contributed by atoms with Crippen LogP contribution in [0, 0.1) is 5.92 Å². The van der Waals surface area contributed by atoms with Gasteiger partial charge in [-0.05, 0) is 43.3 Å². The lowest BCUT2D eigenvalue weighted by Gasteiger charge is -2.32. The van der Waals surface area contributed by atoms with Crippen LogP contribution in [0.25, 0.3) is 0 Å². The highest BCUT2D eigenvalue weighted by atomic mass is 28.4. The molecule has 0 aliphatic carbocycles. The highest BCUT2D eigenvalue weighted by Gasteiger charge is 2.64. The zero-order valence-corrected chi connectivity index (χ0v) is 22.6. The molecule has 0 bridgehead atoms. The number of aryl methyl sites for hydroxylation is 1. The van der Waals surface area contributed by atoms with Crippen molar-refractivity contribution in [1.29, 1.82) is 0 Å². The summed E-state index contributed by atoms with van der Waals surface area (Å²) in [6, 6.07) is 15.2. The third-order valence-electron chi connectivity index (χ3n) is 7.89. The summed E-state index contributed by atoms with van der Waals surface area (Å²) in [5.74, 6) is -0.0459. The molecule has 3 N–H and O–H groups in total. The van der Waals surface area contributed by atoms with Crippen molar-refractivity contribution < 1.29 is 24.2 Å². The van der Waals surface area contributed by atoms with Gasteiger partial charge in [-0.25, -0.2) is 0 Å². The van der Waals surface area contributed by atoms with Gasteiger partial charge in [-0.1, -0.05) is 42.5 Å². The number of aliphatic hydroxyl groups excluding tert-OH is 1. The number of anilines is 1. The fourth-order valence-corrected chi connectivity index (χ4v) is 8.77. The van der Waals surface area contributed by atoms with Crippen LogP contribution in [0.15, 0.2) is 54.7 Å². The summed E-state index contributed by atoms with van der Waals surface area (Å²) in [5, 5.41) is 21.6. The molecule has 3 heterocycles. The molecular weight excluding hydrogens is 488 g/mol. The number of carbonyl (C=O) groups is 1. The van der Waals surface area contributed by atoms with Gasteiger partial charge < -0.3 is 24.7 Å². The number of nitrogens with zero attached hydrogens (tertiary/aromatic N) is 3. The van der Waals surface area contributed by atoms with Crippen molar-refractivity contribution in [3.8, 4) is 5.75 Å². The molecular formula is C27H34N4O5Si. The second-order valence-corrected chi connectivity index (χ2v) is 14.5. The summed E-state index contributed by atoms with van der Waals surface area (Å²) in [6.07, 6.45) is 2.05. The van der Waals surface area contributed by atoms with E-state index in [0.717, 1.165) is 11.1 Å². The number of carbonyl (C=O) groups excluding carboxylic acids is 1. The first-order chi connectivity index (χ1) is 17.7. The number of benzene rings is 2. The summed E-state index contributed by atoms with van der Waals surface area (Å²) in [6.45, 7) is 6.24. The molecule has 3 aromatic rings. The van der Waals surface area contributed by atoms with Crippen molar-refractivity contribution in [2.45, 2.75) is 56.1 Å². The number of hydrogen-bond acceptors (Lipinski definition) is 7. The zero-order valence-electron chi connectivity index (χ0n) is 21.6. The number of nitrogens with one attached hydrogen (secondary N) is 1. The van der Waals surface area contributed by atoms with Gasteiger partial charge in [-0.15, -0.1) is 5.10 Å². The second-order valence-electron chi connectivity index (χ2n) is 10.6. The number of methoxy groups -OCH3 is 1. The monoisotopic (exact) mass is 522 g/mol. The normalized spacial score (nSPS) is 25.8. The maximum atomic E-state index is 13.4. The Kier molecular flexibility index (Phi) is 6.69. The molecule has 1 amide bonds. The molecule has 0 saturated carbocycles. The van der Waals surface area contributed by atoms with E-state index in [-0.39, 0.29) is 36.0 Å². The number of fused-ring (bicyclic) bond motifs is 2. The first-order valence-electron chi connectivity index (χ1n) is 12.6. The zero-order chi connectivity index (χ0) is 26.4. The number of rotatable bonds is 8. The molecule has 1 spiro atoms. The van der Waals surface area contributed by atoms with E-state index < -0.39 is 13.9 Å². The van der Waals surface area contributed by atoms with Gasteiger partial charge >= 0.3 is 0 Å². The third kappa shape index (κ3) is 4.37. The van der Waals surface area contributed by atoms with Crippen LogP contribution in [-0.2, 0) is 21.7 Å². The molecule has 37 heavy (non-hydrogen) atoms.